The van der Waals surface area contributed by atoms with E-state index in [4.69, 9.17) is 17.3 Å². The zero-order valence-corrected chi connectivity index (χ0v) is 11.3. The van der Waals surface area contributed by atoms with Gasteiger partial charge in [0.2, 0.25) is 0 Å². The van der Waals surface area contributed by atoms with Crippen molar-refractivity contribution >= 4 is 17.5 Å². The number of carbonyl (C=O) groups excluding carboxylic acids is 1. The van der Waals surface area contributed by atoms with Crippen molar-refractivity contribution in [1.29, 1.82) is 0 Å². The molecule has 0 spiro atoms. The molecule has 18 heavy (non-hydrogen) atoms. The number of nitrogens with two attached hydrogens (primary N) is 1. The number of benzene rings is 1. The summed E-state index contributed by atoms with van der Waals surface area (Å²) in [5.41, 5.74) is 7.34. The lowest BCUT2D eigenvalue weighted by Crippen LogP contribution is -2.40. The molecule has 1 aliphatic carbocycles. The molecule has 0 saturated heterocycles. The van der Waals surface area contributed by atoms with Gasteiger partial charge in [0, 0.05) is 12.1 Å². The first-order valence-corrected chi connectivity index (χ1v) is 6.77. The van der Waals surface area contributed by atoms with Crippen LogP contribution in [0, 0.1) is 6.92 Å². The zero-order chi connectivity index (χ0) is 13.1. The summed E-state index contributed by atoms with van der Waals surface area (Å²) in [6, 6.07) is 6.04. The third-order valence-electron chi connectivity index (χ3n) is 3.54. The minimum atomic E-state index is -0.0795. The number of aryl methyl sites for hydroxylation is 1. The largest absolute Gasteiger partial charge is 0.349 e. The lowest BCUT2D eigenvalue weighted by Gasteiger charge is -2.27. The summed E-state index contributed by atoms with van der Waals surface area (Å²) in [5.74, 6) is -0.0795. The van der Waals surface area contributed by atoms with Gasteiger partial charge in [0.1, 0.15) is 0 Å². The number of rotatable bonds is 2. The molecule has 2 rings (SSSR count). The molecule has 0 heterocycles. The molecule has 0 atom stereocenters. The standard InChI is InChI=1S/C14H19ClN2O/c1-9-3-2-4-12(13(9)15)14(18)17-11-7-5-10(16)6-8-11/h2-4,10-11H,5-8,16H2,1H3,(H,17,18). The normalized spacial score (nSPS) is 23.7. The highest BCUT2D eigenvalue weighted by atomic mass is 35.5. The highest BCUT2D eigenvalue weighted by molar-refractivity contribution is 6.34. The van der Waals surface area contributed by atoms with Gasteiger partial charge in [-0.1, -0.05) is 23.7 Å². The van der Waals surface area contributed by atoms with Crippen molar-refractivity contribution in [3.05, 3.63) is 34.3 Å². The monoisotopic (exact) mass is 266 g/mol. The molecule has 98 valence electrons. The quantitative estimate of drug-likeness (QED) is 0.865. The van der Waals surface area contributed by atoms with Crippen LogP contribution in [0.3, 0.4) is 0 Å². The molecule has 1 aromatic carbocycles. The summed E-state index contributed by atoms with van der Waals surface area (Å²) < 4.78 is 0. The van der Waals surface area contributed by atoms with Crippen LogP contribution in [0.15, 0.2) is 18.2 Å². The summed E-state index contributed by atoms with van der Waals surface area (Å²) in [4.78, 5) is 12.1. The number of nitrogens with one attached hydrogen (secondary N) is 1. The molecule has 4 heteroatoms. The second kappa shape index (κ2) is 5.72. The second-order valence-electron chi connectivity index (χ2n) is 5.02. The Labute approximate surface area is 113 Å². The summed E-state index contributed by atoms with van der Waals surface area (Å²) in [7, 11) is 0. The summed E-state index contributed by atoms with van der Waals surface area (Å²) in [5, 5.41) is 3.59. The zero-order valence-electron chi connectivity index (χ0n) is 10.6. The van der Waals surface area contributed by atoms with Gasteiger partial charge in [-0.15, -0.1) is 0 Å². The smallest absolute Gasteiger partial charge is 0.253 e. The van der Waals surface area contributed by atoms with Gasteiger partial charge in [0.25, 0.3) is 5.91 Å². The van der Waals surface area contributed by atoms with E-state index >= 15 is 0 Å². The van der Waals surface area contributed by atoms with Crippen molar-refractivity contribution in [2.45, 2.75) is 44.7 Å². The van der Waals surface area contributed by atoms with Gasteiger partial charge in [-0.05, 0) is 44.2 Å². The van der Waals surface area contributed by atoms with Crippen molar-refractivity contribution in [3.63, 3.8) is 0 Å². The van der Waals surface area contributed by atoms with Crippen LogP contribution in [0.25, 0.3) is 0 Å². The minimum Gasteiger partial charge on any atom is -0.349 e. The number of amides is 1. The van der Waals surface area contributed by atoms with Crippen LogP contribution in [0.5, 0.6) is 0 Å². The SMILES string of the molecule is Cc1cccc(C(=O)NC2CCC(N)CC2)c1Cl. The maximum absolute atomic E-state index is 12.1. The maximum atomic E-state index is 12.1. The molecule has 1 amide bonds. The first-order chi connectivity index (χ1) is 8.58. The van der Waals surface area contributed by atoms with Crippen molar-refractivity contribution in [2.75, 3.05) is 0 Å². The molecule has 1 aliphatic rings. The van der Waals surface area contributed by atoms with Gasteiger partial charge in [0.05, 0.1) is 10.6 Å². The lowest BCUT2D eigenvalue weighted by atomic mass is 9.91. The summed E-state index contributed by atoms with van der Waals surface area (Å²) >= 11 is 6.15. The predicted molar refractivity (Wildman–Crippen MR) is 73.9 cm³/mol. The highest BCUT2D eigenvalue weighted by Gasteiger charge is 2.21. The molecule has 0 radical (unpaired) electrons. The Bertz CT molecular complexity index is 439. The van der Waals surface area contributed by atoms with Crippen LogP contribution in [0.2, 0.25) is 5.02 Å². The number of hydrogen-bond acceptors (Lipinski definition) is 2. The Balaban J connectivity index is 2.01. The highest BCUT2D eigenvalue weighted by Crippen LogP contribution is 2.22. The van der Waals surface area contributed by atoms with Crippen LogP contribution in [0.4, 0.5) is 0 Å². The fourth-order valence-electron chi connectivity index (χ4n) is 2.35. The average molecular weight is 267 g/mol. The Morgan fingerprint density at radius 2 is 2.00 bits per heavy atom. The second-order valence-corrected chi connectivity index (χ2v) is 5.40. The molecular formula is C14H19ClN2O. The van der Waals surface area contributed by atoms with Crippen molar-refractivity contribution in [2.24, 2.45) is 5.73 Å². The topological polar surface area (TPSA) is 55.1 Å². The van der Waals surface area contributed by atoms with Gasteiger partial charge >= 0.3 is 0 Å². The van der Waals surface area contributed by atoms with Crippen LogP contribution in [-0.4, -0.2) is 18.0 Å². The van der Waals surface area contributed by atoms with Crippen molar-refractivity contribution in [3.8, 4) is 0 Å². The number of carbonyl (C=O) groups is 1. The third-order valence-corrected chi connectivity index (χ3v) is 4.05. The molecule has 3 nitrogen and oxygen atoms in total. The van der Waals surface area contributed by atoms with Gasteiger partial charge in [-0.2, -0.15) is 0 Å². The van der Waals surface area contributed by atoms with E-state index in [1.54, 1.807) is 6.07 Å². The van der Waals surface area contributed by atoms with Crippen LogP contribution < -0.4 is 11.1 Å². The number of hydrogen-bond donors (Lipinski definition) is 2. The molecule has 0 bridgehead atoms. The average Bonchev–Trinajstić information content (AvgIpc) is 2.35. The van der Waals surface area contributed by atoms with E-state index in [0.29, 0.717) is 16.6 Å². The van der Waals surface area contributed by atoms with E-state index in [9.17, 15) is 4.79 Å². The van der Waals surface area contributed by atoms with Crippen molar-refractivity contribution in [1.82, 2.24) is 5.32 Å². The first-order valence-electron chi connectivity index (χ1n) is 6.39. The summed E-state index contributed by atoms with van der Waals surface area (Å²) in [6.07, 6.45) is 3.87. The Morgan fingerprint density at radius 3 is 2.67 bits per heavy atom. The fraction of sp³-hybridized carbons (Fsp3) is 0.500. The van der Waals surface area contributed by atoms with Gasteiger partial charge in [0.15, 0.2) is 0 Å². The van der Waals surface area contributed by atoms with Crippen LogP contribution >= 0.6 is 11.6 Å². The predicted octanol–water partition coefficient (Wildman–Crippen LogP) is 2.65. The van der Waals surface area contributed by atoms with Crippen LogP contribution in [0.1, 0.15) is 41.6 Å². The summed E-state index contributed by atoms with van der Waals surface area (Å²) in [6.45, 7) is 1.90. The lowest BCUT2D eigenvalue weighted by molar-refractivity contribution is 0.0926. The van der Waals surface area contributed by atoms with Crippen LogP contribution in [-0.2, 0) is 0 Å². The third kappa shape index (κ3) is 3.03. The van der Waals surface area contributed by atoms with Gasteiger partial charge in [-0.3, -0.25) is 4.79 Å². The minimum absolute atomic E-state index is 0.0795. The Hall–Kier alpha value is -1.06. The van der Waals surface area contributed by atoms with E-state index in [1.807, 2.05) is 19.1 Å². The molecule has 0 unspecified atom stereocenters. The fourth-order valence-corrected chi connectivity index (χ4v) is 2.56. The Morgan fingerprint density at radius 1 is 1.33 bits per heavy atom. The molecular weight excluding hydrogens is 248 g/mol. The Kier molecular flexibility index (Phi) is 4.25. The van der Waals surface area contributed by atoms with E-state index in [2.05, 4.69) is 5.32 Å². The first kappa shape index (κ1) is 13.4. The molecule has 1 aromatic rings. The molecule has 3 N–H and O–H groups in total. The molecule has 0 aromatic heterocycles. The molecule has 1 saturated carbocycles. The number of halogens is 1. The van der Waals surface area contributed by atoms with E-state index in [1.165, 1.54) is 0 Å². The van der Waals surface area contributed by atoms with Gasteiger partial charge < -0.3 is 11.1 Å². The molecule has 1 fully saturated rings. The van der Waals surface area contributed by atoms with Crippen molar-refractivity contribution < 1.29 is 4.79 Å². The van der Waals surface area contributed by atoms with Gasteiger partial charge in [-0.25, -0.2) is 0 Å². The molecule has 0 aliphatic heterocycles. The van der Waals surface area contributed by atoms with E-state index < -0.39 is 0 Å². The van der Waals surface area contributed by atoms with E-state index in [0.717, 1.165) is 31.2 Å². The maximum Gasteiger partial charge on any atom is 0.253 e. The van der Waals surface area contributed by atoms with E-state index in [-0.39, 0.29) is 11.9 Å².